The topological polar surface area (TPSA) is 39.2 Å². The number of methoxy groups -OCH3 is 1. The van der Waals surface area contributed by atoms with Crippen molar-refractivity contribution < 1.29 is 9.53 Å². The number of hydrogen-bond donors (Lipinski definition) is 0. The zero-order chi connectivity index (χ0) is 18.2. The molecule has 0 spiro atoms. The van der Waals surface area contributed by atoms with Crippen LogP contribution in [0.3, 0.4) is 0 Å². The summed E-state index contributed by atoms with van der Waals surface area (Å²) in [5, 5.41) is 0. The molecule has 0 fully saturated rings. The average Bonchev–Trinajstić information content (AvgIpc) is 2.72. The predicted molar refractivity (Wildman–Crippen MR) is 108 cm³/mol. The van der Waals surface area contributed by atoms with E-state index in [1.165, 1.54) is 23.1 Å². The van der Waals surface area contributed by atoms with E-state index in [2.05, 4.69) is 29.2 Å². The number of carbonyl (C=O) groups excluding carboxylic acids is 1. The molecule has 3 rings (SSSR count). The standard InChI is InChI=1S/C21H19NO2S2/c1-24-20(23)17-7-9-18(10-8-17)21(26-19-11-13-22-14-12-19)25-15-16-5-3-2-4-6-16/h2-14,21H,15H2,1H3. The average molecular weight is 382 g/mol. The molecule has 1 unspecified atom stereocenters. The fourth-order valence-corrected chi connectivity index (χ4v) is 4.89. The van der Waals surface area contributed by atoms with Crippen LogP contribution in [0.5, 0.6) is 0 Å². The fourth-order valence-electron chi connectivity index (χ4n) is 2.38. The Hall–Kier alpha value is -2.24. The van der Waals surface area contributed by atoms with E-state index < -0.39 is 0 Å². The lowest BCUT2D eigenvalue weighted by atomic mass is 10.1. The number of thioether (sulfide) groups is 2. The molecular formula is C21H19NO2S2. The van der Waals surface area contributed by atoms with Crippen molar-refractivity contribution in [1.29, 1.82) is 0 Å². The number of carbonyl (C=O) groups is 1. The number of benzene rings is 2. The molecule has 0 radical (unpaired) electrons. The van der Waals surface area contributed by atoms with Crippen molar-refractivity contribution in [3.05, 3.63) is 95.8 Å². The van der Waals surface area contributed by atoms with E-state index in [9.17, 15) is 4.79 Å². The van der Waals surface area contributed by atoms with Crippen molar-refractivity contribution >= 4 is 29.5 Å². The lowest BCUT2D eigenvalue weighted by Crippen LogP contribution is -2.01. The van der Waals surface area contributed by atoms with E-state index in [0.717, 1.165) is 5.75 Å². The van der Waals surface area contributed by atoms with Crippen LogP contribution in [0.15, 0.2) is 84.0 Å². The molecule has 26 heavy (non-hydrogen) atoms. The van der Waals surface area contributed by atoms with Gasteiger partial charge in [0.15, 0.2) is 0 Å². The van der Waals surface area contributed by atoms with Gasteiger partial charge in [0.25, 0.3) is 0 Å². The monoisotopic (exact) mass is 381 g/mol. The van der Waals surface area contributed by atoms with Crippen LogP contribution in [0.1, 0.15) is 26.1 Å². The number of rotatable bonds is 7. The minimum atomic E-state index is -0.313. The van der Waals surface area contributed by atoms with Gasteiger partial charge in [-0.2, -0.15) is 0 Å². The van der Waals surface area contributed by atoms with Gasteiger partial charge < -0.3 is 4.74 Å². The second-order valence-electron chi connectivity index (χ2n) is 5.54. The van der Waals surface area contributed by atoms with Crippen molar-refractivity contribution in [2.75, 3.05) is 7.11 Å². The number of ether oxygens (including phenoxy) is 1. The van der Waals surface area contributed by atoms with Crippen LogP contribution in [0.2, 0.25) is 0 Å². The zero-order valence-electron chi connectivity index (χ0n) is 14.4. The van der Waals surface area contributed by atoms with Gasteiger partial charge in [-0.15, -0.1) is 23.5 Å². The minimum absolute atomic E-state index is 0.212. The molecule has 3 nitrogen and oxygen atoms in total. The molecule has 0 aliphatic heterocycles. The maximum absolute atomic E-state index is 11.7. The highest BCUT2D eigenvalue weighted by atomic mass is 32.2. The Labute approximate surface area is 162 Å². The van der Waals surface area contributed by atoms with Gasteiger partial charge in [-0.25, -0.2) is 4.79 Å². The summed E-state index contributed by atoms with van der Waals surface area (Å²) >= 11 is 3.66. The molecule has 132 valence electrons. The SMILES string of the molecule is COC(=O)c1ccc(C(SCc2ccccc2)Sc2ccncc2)cc1. The molecule has 0 aliphatic rings. The van der Waals surface area contributed by atoms with Crippen LogP contribution in [-0.2, 0) is 10.5 Å². The summed E-state index contributed by atoms with van der Waals surface area (Å²) < 4.78 is 4.99. The molecule has 0 bridgehead atoms. The van der Waals surface area contributed by atoms with Crippen molar-refractivity contribution in [2.45, 2.75) is 15.2 Å². The Kier molecular flexibility index (Phi) is 6.75. The Morgan fingerprint density at radius 2 is 1.69 bits per heavy atom. The summed E-state index contributed by atoms with van der Waals surface area (Å²) in [6.45, 7) is 0. The van der Waals surface area contributed by atoms with Gasteiger partial charge in [0, 0.05) is 23.0 Å². The molecule has 2 aromatic carbocycles. The molecule has 0 saturated heterocycles. The number of aromatic nitrogens is 1. The lowest BCUT2D eigenvalue weighted by Gasteiger charge is -2.17. The Bertz CT molecular complexity index is 824. The van der Waals surface area contributed by atoms with Crippen LogP contribution in [0, 0.1) is 0 Å². The quantitative estimate of drug-likeness (QED) is 0.303. The Morgan fingerprint density at radius 1 is 1.00 bits per heavy atom. The molecule has 1 atom stereocenters. The van der Waals surface area contributed by atoms with Gasteiger partial charge in [0.1, 0.15) is 0 Å². The van der Waals surface area contributed by atoms with E-state index >= 15 is 0 Å². The smallest absolute Gasteiger partial charge is 0.337 e. The number of hydrogen-bond acceptors (Lipinski definition) is 5. The van der Waals surface area contributed by atoms with E-state index in [4.69, 9.17) is 4.74 Å². The number of nitrogens with zero attached hydrogens (tertiary/aromatic N) is 1. The molecule has 0 amide bonds. The van der Waals surface area contributed by atoms with Crippen LogP contribution >= 0.6 is 23.5 Å². The molecule has 5 heteroatoms. The molecular weight excluding hydrogens is 362 g/mol. The number of esters is 1. The highest BCUT2D eigenvalue weighted by Crippen LogP contribution is 2.44. The summed E-state index contributed by atoms with van der Waals surface area (Å²) in [5.74, 6) is 0.606. The van der Waals surface area contributed by atoms with Crippen LogP contribution in [-0.4, -0.2) is 18.1 Å². The first kappa shape index (κ1) is 18.5. The molecule has 0 N–H and O–H groups in total. The maximum atomic E-state index is 11.7. The molecule has 1 heterocycles. The fraction of sp³-hybridized carbons (Fsp3) is 0.143. The van der Waals surface area contributed by atoms with E-state index in [0.29, 0.717) is 5.56 Å². The highest BCUT2D eigenvalue weighted by molar-refractivity contribution is 8.16. The Morgan fingerprint density at radius 3 is 2.35 bits per heavy atom. The first-order valence-electron chi connectivity index (χ1n) is 8.17. The second-order valence-corrected chi connectivity index (χ2v) is 8.11. The molecule has 0 saturated carbocycles. The zero-order valence-corrected chi connectivity index (χ0v) is 16.0. The first-order chi connectivity index (χ1) is 12.8. The highest BCUT2D eigenvalue weighted by Gasteiger charge is 2.15. The van der Waals surface area contributed by atoms with Gasteiger partial charge >= 0.3 is 5.97 Å². The third-order valence-corrected chi connectivity index (χ3v) is 6.54. The third-order valence-electron chi connectivity index (χ3n) is 3.74. The van der Waals surface area contributed by atoms with E-state index in [-0.39, 0.29) is 10.6 Å². The normalized spacial score (nSPS) is 11.7. The summed E-state index contributed by atoms with van der Waals surface area (Å²) in [6, 6.07) is 22.1. The molecule has 0 aliphatic carbocycles. The van der Waals surface area contributed by atoms with Gasteiger partial charge in [0.05, 0.1) is 17.3 Å². The predicted octanol–water partition coefficient (Wildman–Crippen LogP) is 5.59. The van der Waals surface area contributed by atoms with Crippen LogP contribution in [0.25, 0.3) is 0 Å². The van der Waals surface area contributed by atoms with Gasteiger partial charge in [-0.05, 0) is 35.4 Å². The summed E-state index contributed by atoms with van der Waals surface area (Å²) in [4.78, 5) is 16.9. The largest absolute Gasteiger partial charge is 0.465 e. The first-order valence-corrected chi connectivity index (χ1v) is 10.1. The lowest BCUT2D eigenvalue weighted by molar-refractivity contribution is 0.0600. The van der Waals surface area contributed by atoms with Crippen LogP contribution in [0.4, 0.5) is 0 Å². The van der Waals surface area contributed by atoms with E-state index in [1.807, 2.05) is 66.6 Å². The van der Waals surface area contributed by atoms with Gasteiger partial charge in [0.2, 0.25) is 0 Å². The minimum Gasteiger partial charge on any atom is -0.465 e. The van der Waals surface area contributed by atoms with Crippen molar-refractivity contribution in [1.82, 2.24) is 4.98 Å². The summed E-state index contributed by atoms with van der Waals surface area (Å²) in [6.07, 6.45) is 3.61. The van der Waals surface area contributed by atoms with Crippen LogP contribution < -0.4 is 0 Å². The summed E-state index contributed by atoms with van der Waals surface area (Å²) in [7, 11) is 1.40. The van der Waals surface area contributed by atoms with Gasteiger partial charge in [-0.1, -0.05) is 42.5 Å². The third kappa shape index (κ3) is 5.13. The summed E-state index contributed by atoms with van der Waals surface area (Å²) in [5.41, 5.74) is 3.03. The molecule has 1 aromatic heterocycles. The number of pyridine rings is 1. The van der Waals surface area contributed by atoms with E-state index in [1.54, 1.807) is 11.8 Å². The maximum Gasteiger partial charge on any atom is 0.337 e. The van der Waals surface area contributed by atoms with Gasteiger partial charge in [-0.3, -0.25) is 4.98 Å². The van der Waals surface area contributed by atoms with Crippen molar-refractivity contribution in [3.8, 4) is 0 Å². The van der Waals surface area contributed by atoms with Crippen molar-refractivity contribution in [3.63, 3.8) is 0 Å². The molecule has 3 aromatic rings. The Balaban J connectivity index is 1.78. The van der Waals surface area contributed by atoms with Crippen molar-refractivity contribution in [2.24, 2.45) is 0 Å². The second kappa shape index (κ2) is 9.46.